The maximum Gasteiger partial charge on any atom is 0.194 e. The van der Waals surface area contributed by atoms with E-state index in [0.29, 0.717) is 22.3 Å². The van der Waals surface area contributed by atoms with Gasteiger partial charge in [0.05, 0.1) is 0 Å². The van der Waals surface area contributed by atoms with Crippen molar-refractivity contribution in [3.05, 3.63) is 76.9 Å². The summed E-state index contributed by atoms with van der Waals surface area (Å²) in [7, 11) is 0. The lowest BCUT2D eigenvalue weighted by Gasteiger charge is -2.30. The summed E-state index contributed by atoms with van der Waals surface area (Å²) in [6.07, 6.45) is 3.62. The van der Waals surface area contributed by atoms with Crippen LogP contribution >= 0.6 is 0 Å². The van der Waals surface area contributed by atoms with Crippen LogP contribution in [0.3, 0.4) is 0 Å². The molecule has 0 spiro atoms. The van der Waals surface area contributed by atoms with Crippen LogP contribution in [0.4, 0.5) is 5.69 Å². The molecule has 1 saturated heterocycles. The molecule has 0 bridgehead atoms. The summed E-state index contributed by atoms with van der Waals surface area (Å²) in [5, 5.41) is 1.98. The zero-order valence-corrected chi connectivity index (χ0v) is 14.5. The van der Waals surface area contributed by atoms with Gasteiger partial charge in [-0.25, -0.2) is 0 Å². The average Bonchev–Trinajstić information content (AvgIpc) is 2.71. The molecule has 3 heteroatoms. The highest BCUT2D eigenvalue weighted by Crippen LogP contribution is 2.33. The number of rotatable bonds is 1. The molecule has 26 heavy (non-hydrogen) atoms. The van der Waals surface area contributed by atoms with E-state index in [-0.39, 0.29) is 11.6 Å². The predicted octanol–water partition coefficient (Wildman–Crippen LogP) is 4.61. The zero-order chi connectivity index (χ0) is 17.7. The number of benzene rings is 3. The zero-order valence-electron chi connectivity index (χ0n) is 14.5. The maximum atomic E-state index is 13.2. The molecule has 5 rings (SSSR count). The molecule has 1 fully saturated rings. The Morgan fingerprint density at radius 1 is 0.615 bits per heavy atom. The summed E-state index contributed by atoms with van der Waals surface area (Å²) in [5.74, 6) is -0.0928. The van der Waals surface area contributed by atoms with Crippen LogP contribution in [-0.2, 0) is 0 Å². The van der Waals surface area contributed by atoms with Crippen LogP contribution in [0.1, 0.15) is 51.1 Å². The van der Waals surface area contributed by atoms with Crippen molar-refractivity contribution in [1.82, 2.24) is 0 Å². The number of fused-ring (bicyclic) bond motifs is 3. The fourth-order valence-electron chi connectivity index (χ4n) is 4.17. The van der Waals surface area contributed by atoms with Crippen molar-refractivity contribution in [3.8, 4) is 0 Å². The lowest BCUT2D eigenvalue weighted by atomic mass is 9.82. The Balaban J connectivity index is 1.64. The summed E-state index contributed by atoms with van der Waals surface area (Å²) in [4.78, 5) is 28.5. The number of carbonyl (C=O) groups is 2. The molecule has 3 aromatic rings. The fraction of sp³-hybridized carbons (Fsp3) is 0.217. The highest BCUT2D eigenvalue weighted by atomic mass is 16.1. The molecule has 0 aromatic heterocycles. The van der Waals surface area contributed by atoms with E-state index in [1.165, 1.54) is 19.3 Å². The van der Waals surface area contributed by atoms with Crippen molar-refractivity contribution in [1.29, 1.82) is 0 Å². The first-order valence-electron chi connectivity index (χ1n) is 9.23. The van der Waals surface area contributed by atoms with Crippen LogP contribution in [0.15, 0.2) is 54.6 Å². The largest absolute Gasteiger partial charge is 0.372 e. The molecule has 1 heterocycles. The molecular formula is C23H19NO2. The van der Waals surface area contributed by atoms with Crippen LogP contribution in [0.2, 0.25) is 0 Å². The minimum atomic E-state index is -0.0504. The summed E-state index contributed by atoms with van der Waals surface area (Å²) in [6, 6.07) is 17.3. The molecule has 3 nitrogen and oxygen atoms in total. The van der Waals surface area contributed by atoms with E-state index in [0.717, 1.165) is 29.5 Å². The number of hydrogen-bond acceptors (Lipinski definition) is 3. The average molecular weight is 341 g/mol. The number of anilines is 1. The maximum absolute atomic E-state index is 13.2. The Bertz CT molecular complexity index is 1060. The third kappa shape index (κ3) is 2.27. The van der Waals surface area contributed by atoms with E-state index in [9.17, 15) is 9.59 Å². The Hall–Kier alpha value is -2.94. The number of hydrogen-bond donors (Lipinski definition) is 0. The van der Waals surface area contributed by atoms with Gasteiger partial charge in [0.2, 0.25) is 0 Å². The monoisotopic (exact) mass is 341 g/mol. The Kier molecular flexibility index (Phi) is 3.42. The van der Waals surface area contributed by atoms with Crippen molar-refractivity contribution in [2.24, 2.45) is 0 Å². The van der Waals surface area contributed by atoms with Gasteiger partial charge < -0.3 is 4.90 Å². The molecule has 0 saturated carbocycles. The lowest BCUT2D eigenvalue weighted by Crippen LogP contribution is -2.30. The van der Waals surface area contributed by atoms with Gasteiger partial charge in [-0.2, -0.15) is 0 Å². The Morgan fingerprint density at radius 3 is 1.85 bits per heavy atom. The van der Waals surface area contributed by atoms with Gasteiger partial charge in [0.15, 0.2) is 11.6 Å². The number of piperidine rings is 1. The topological polar surface area (TPSA) is 37.4 Å². The van der Waals surface area contributed by atoms with Gasteiger partial charge in [-0.05, 0) is 60.4 Å². The molecule has 1 aliphatic heterocycles. The quantitative estimate of drug-likeness (QED) is 0.507. The molecule has 0 N–H and O–H groups in total. The van der Waals surface area contributed by atoms with E-state index in [1.807, 2.05) is 54.6 Å². The second-order valence-corrected chi connectivity index (χ2v) is 7.18. The molecule has 0 amide bonds. The highest BCUT2D eigenvalue weighted by molar-refractivity contribution is 6.29. The first-order valence-corrected chi connectivity index (χ1v) is 9.23. The van der Waals surface area contributed by atoms with E-state index in [2.05, 4.69) is 4.90 Å². The van der Waals surface area contributed by atoms with E-state index in [1.54, 1.807) is 0 Å². The molecule has 128 valence electrons. The molecule has 0 atom stereocenters. The second kappa shape index (κ2) is 5.80. The van der Waals surface area contributed by atoms with E-state index in [4.69, 9.17) is 0 Å². The molecule has 0 unspecified atom stereocenters. The SMILES string of the molecule is O=C1c2ccc(N3CCCCC3)cc2C(=O)c2cc3ccccc3cc21. The smallest absolute Gasteiger partial charge is 0.194 e. The van der Waals surface area contributed by atoms with Crippen molar-refractivity contribution >= 4 is 28.0 Å². The standard InChI is InChI=1S/C23H19NO2/c25-22-18-9-8-17(24-10-4-1-5-11-24)14-21(18)23(26)20-13-16-7-3-2-6-15(16)12-19(20)22/h2-3,6-9,12-14H,1,4-5,10-11H2. The van der Waals surface area contributed by atoms with Gasteiger partial charge in [0.1, 0.15) is 0 Å². The fourth-order valence-corrected chi connectivity index (χ4v) is 4.17. The molecule has 3 aromatic carbocycles. The third-order valence-electron chi connectivity index (χ3n) is 5.59. The van der Waals surface area contributed by atoms with E-state index < -0.39 is 0 Å². The minimum absolute atomic E-state index is 0.0424. The van der Waals surface area contributed by atoms with Gasteiger partial charge >= 0.3 is 0 Å². The first kappa shape index (κ1) is 15.3. The summed E-state index contributed by atoms with van der Waals surface area (Å²) in [6.45, 7) is 2.03. The summed E-state index contributed by atoms with van der Waals surface area (Å²) < 4.78 is 0. The normalized spacial score (nSPS) is 16.5. The van der Waals surface area contributed by atoms with E-state index >= 15 is 0 Å². The van der Waals surface area contributed by atoms with Crippen molar-refractivity contribution in [3.63, 3.8) is 0 Å². The minimum Gasteiger partial charge on any atom is -0.372 e. The number of carbonyl (C=O) groups excluding carboxylic acids is 2. The highest BCUT2D eigenvalue weighted by Gasteiger charge is 2.30. The van der Waals surface area contributed by atoms with Crippen LogP contribution in [0.25, 0.3) is 10.8 Å². The Labute approximate surface area is 152 Å². The molecule has 1 aliphatic carbocycles. The van der Waals surface area contributed by atoms with Crippen LogP contribution < -0.4 is 4.90 Å². The van der Waals surface area contributed by atoms with Gasteiger partial charge in [-0.3, -0.25) is 9.59 Å². The van der Waals surface area contributed by atoms with Gasteiger partial charge in [-0.15, -0.1) is 0 Å². The molecular weight excluding hydrogens is 322 g/mol. The van der Waals surface area contributed by atoms with Gasteiger partial charge in [0.25, 0.3) is 0 Å². The summed E-state index contributed by atoms with van der Waals surface area (Å²) >= 11 is 0. The molecule has 0 radical (unpaired) electrons. The molecule has 2 aliphatic rings. The number of nitrogens with zero attached hydrogens (tertiary/aromatic N) is 1. The third-order valence-corrected chi connectivity index (χ3v) is 5.59. The van der Waals surface area contributed by atoms with Crippen molar-refractivity contribution < 1.29 is 9.59 Å². The Morgan fingerprint density at radius 2 is 1.19 bits per heavy atom. The number of ketones is 2. The van der Waals surface area contributed by atoms with Crippen LogP contribution in [0.5, 0.6) is 0 Å². The summed E-state index contributed by atoms with van der Waals surface area (Å²) in [5.41, 5.74) is 3.16. The van der Waals surface area contributed by atoms with Crippen molar-refractivity contribution in [2.45, 2.75) is 19.3 Å². The van der Waals surface area contributed by atoms with Crippen LogP contribution in [0, 0.1) is 0 Å². The predicted molar refractivity (Wildman–Crippen MR) is 103 cm³/mol. The van der Waals surface area contributed by atoms with Gasteiger partial charge in [0, 0.05) is 41.0 Å². The van der Waals surface area contributed by atoms with Crippen molar-refractivity contribution in [2.75, 3.05) is 18.0 Å². The lowest BCUT2D eigenvalue weighted by molar-refractivity contribution is 0.0979. The second-order valence-electron chi connectivity index (χ2n) is 7.18. The van der Waals surface area contributed by atoms with Gasteiger partial charge in [-0.1, -0.05) is 24.3 Å². The van der Waals surface area contributed by atoms with Crippen LogP contribution in [-0.4, -0.2) is 24.7 Å². The first-order chi connectivity index (χ1) is 12.7.